The first-order valence-corrected chi connectivity index (χ1v) is 14.9. The topological polar surface area (TPSA) is 86.8 Å². The Hall–Kier alpha value is -2.58. The van der Waals surface area contributed by atoms with E-state index >= 15 is 0 Å². The summed E-state index contributed by atoms with van der Waals surface area (Å²) >= 11 is 6.38. The van der Waals surface area contributed by atoms with Crippen LogP contribution in [-0.4, -0.2) is 50.5 Å². The number of anilines is 1. The van der Waals surface area contributed by atoms with E-state index in [1.54, 1.807) is 11.0 Å². The molecule has 9 heteroatoms. The predicted molar refractivity (Wildman–Crippen MR) is 151 cm³/mol. The van der Waals surface area contributed by atoms with Gasteiger partial charge in [-0.3, -0.25) is 13.9 Å². The van der Waals surface area contributed by atoms with Gasteiger partial charge >= 0.3 is 0 Å². The lowest BCUT2D eigenvalue weighted by Crippen LogP contribution is -2.49. The molecule has 204 valence electrons. The van der Waals surface area contributed by atoms with Crippen LogP contribution in [-0.2, 0) is 26.2 Å². The molecule has 0 bridgehead atoms. The van der Waals surface area contributed by atoms with E-state index < -0.39 is 16.1 Å². The number of carbonyl (C=O) groups excluding carboxylic acids is 2. The summed E-state index contributed by atoms with van der Waals surface area (Å²) in [4.78, 5) is 28.1. The van der Waals surface area contributed by atoms with Crippen molar-refractivity contribution in [1.82, 2.24) is 10.2 Å². The van der Waals surface area contributed by atoms with Gasteiger partial charge in [-0.15, -0.1) is 0 Å². The van der Waals surface area contributed by atoms with Gasteiger partial charge in [0.1, 0.15) is 6.04 Å². The number of nitrogens with zero attached hydrogens (tertiary/aromatic N) is 2. The largest absolute Gasteiger partial charge is 0.354 e. The third-order valence-corrected chi connectivity index (χ3v) is 7.58. The Balaban J connectivity index is 2.24. The summed E-state index contributed by atoms with van der Waals surface area (Å²) in [5.41, 5.74) is 3.26. The van der Waals surface area contributed by atoms with E-state index in [-0.39, 0.29) is 37.2 Å². The number of aryl methyl sites for hydroxylation is 2. The number of hydrogen-bond acceptors (Lipinski definition) is 4. The van der Waals surface area contributed by atoms with Crippen molar-refractivity contribution in [3.05, 3.63) is 64.2 Å². The van der Waals surface area contributed by atoms with E-state index in [9.17, 15) is 18.0 Å². The minimum Gasteiger partial charge on any atom is -0.354 e. The number of carbonyl (C=O) groups is 2. The third kappa shape index (κ3) is 9.34. The van der Waals surface area contributed by atoms with E-state index in [0.717, 1.165) is 16.7 Å². The van der Waals surface area contributed by atoms with Crippen LogP contribution >= 0.6 is 11.6 Å². The lowest BCUT2D eigenvalue weighted by molar-refractivity contribution is -0.141. The van der Waals surface area contributed by atoms with Crippen molar-refractivity contribution < 1.29 is 18.0 Å². The van der Waals surface area contributed by atoms with E-state index in [0.29, 0.717) is 30.1 Å². The highest BCUT2D eigenvalue weighted by atomic mass is 35.5. The molecule has 2 rings (SSSR count). The first-order chi connectivity index (χ1) is 17.3. The van der Waals surface area contributed by atoms with Crippen molar-refractivity contribution in [3.63, 3.8) is 0 Å². The normalized spacial score (nSPS) is 12.3. The maximum absolute atomic E-state index is 13.5. The number of rotatable bonds is 13. The fraction of sp³-hybridized carbons (Fsp3) is 0.500. The molecule has 2 aromatic rings. The SMILES string of the molecule is CCC(C(=O)NCC(C)C)N(Cc1ccccc1Cl)C(=O)CCCN(c1cc(C)cc(C)c1)S(C)(=O)=O. The number of hydrogen-bond donors (Lipinski definition) is 1. The van der Waals surface area contributed by atoms with Gasteiger partial charge in [-0.2, -0.15) is 0 Å². The summed E-state index contributed by atoms with van der Waals surface area (Å²) in [6.07, 6.45) is 2.01. The molecule has 1 N–H and O–H groups in total. The van der Waals surface area contributed by atoms with Crippen LogP contribution in [0.25, 0.3) is 0 Å². The van der Waals surface area contributed by atoms with Gasteiger partial charge in [0.25, 0.3) is 0 Å². The standard InChI is InChI=1S/C28H40ClN3O4S/c1-7-26(28(34)30-18-20(2)3)31(19-23-11-8-9-12-25(23)29)27(33)13-10-14-32(37(6,35)36)24-16-21(4)15-22(5)17-24/h8-9,11-12,15-17,20,26H,7,10,13-14,18-19H2,1-6H3,(H,30,34). The minimum atomic E-state index is -3.55. The molecule has 0 radical (unpaired) electrons. The van der Waals surface area contributed by atoms with Gasteiger partial charge in [-0.25, -0.2) is 8.42 Å². The van der Waals surface area contributed by atoms with Crippen LogP contribution in [0.4, 0.5) is 5.69 Å². The Bertz CT molecular complexity index is 1160. The molecule has 0 aliphatic carbocycles. The zero-order valence-corrected chi connectivity index (χ0v) is 24.3. The average molecular weight is 550 g/mol. The lowest BCUT2D eigenvalue weighted by atomic mass is 10.1. The van der Waals surface area contributed by atoms with Crippen LogP contribution in [0.2, 0.25) is 5.02 Å². The Morgan fingerprint density at radius 2 is 1.68 bits per heavy atom. The number of benzene rings is 2. The van der Waals surface area contributed by atoms with Crippen LogP contribution in [0.15, 0.2) is 42.5 Å². The van der Waals surface area contributed by atoms with E-state index in [1.165, 1.54) is 10.6 Å². The fourth-order valence-corrected chi connectivity index (χ4v) is 5.40. The Morgan fingerprint density at radius 1 is 1.05 bits per heavy atom. The molecule has 2 amide bonds. The van der Waals surface area contributed by atoms with Crippen LogP contribution in [0, 0.1) is 19.8 Å². The minimum absolute atomic E-state index is 0.0925. The summed E-state index contributed by atoms with van der Waals surface area (Å²) in [5, 5.41) is 3.47. The predicted octanol–water partition coefficient (Wildman–Crippen LogP) is 5.08. The highest BCUT2D eigenvalue weighted by Crippen LogP contribution is 2.23. The molecule has 0 spiro atoms. The lowest BCUT2D eigenvalue weighted by Gasteiger charge is -2.31. The first kappa shape index (κ1) is 30.6. The van der Waals surface area contributed by atoms with Gasteiger partial charge in [0.2, 0.25) is 21.8 Å². The van der Waals surface area contributed by atoms with Crippen LogP contribution in [0.3, 0.4) is 0 Å². The van der Waals surface area contributed by atoms with E-state index in [4.69, 9.17) is 11.6 Å². The summed E-state index contributed by atoms with van der Waals surface area (Å²) in [6.45, 7) is 10.6. The number of nitrogens with one attached hydrogen (secondary N) is 1. The summed E-state index contributed by atoms with van der Waals surface area (Å²) in [7, 11) is -3.55. The number of halogens is 1. The molecule has 0 aliphatic rings. The molecular weight excluding hydrogens is 510 g/mol. The zero-order valence-electron chi connectivity index (χ0n) is 22.8. The smallest absolute Gasteiger partial charge is 0.242 e. The van der Waals surface area contributed by atoms with Crippen molar-refractivity contribution in [2.45, 2.75) is 66.5 Å². The van der Waals surface area contributed by atoms with E-state index in [2.05, 4.69) is 5.32 Å². The molecular formula is C28H40ClN3O4S. The van der Waals surface area contributed by atoms with E-state index in [1.807, 2.05) is 71.0 Å². The Kier molecular flexibility index (Phi) is 11.4. The van der Waals surface area contributed by atoms with Crippen molar-refractivity contribution >= 4 is 39.1 Å². The number of sulfonamides is 1. The molecule has 0 aliphatic heterocycles. The van der Waals surface area contributed by atoms with Gasteiger partial charge in [-0.1, -0.05) is 56.6 Å². The second-order valence-corrected chi connectivity index (χ2v) is 12.3. The van der Waals surface area contributed by atoms with Gasteiger partial charge in [0.15, 0.2) is 0 Å². The van der Waals surface area contributed by atoms with Crippen LogP contribution in [0.1, 0.15) is 56.7 Å². The fourth-order valence-electron chi connectivity index (χ4n) is 4.25. The average Bonchev–Trinajstić information content (AvgIpc) is 2.79. The van der Waals surface area contributed by atoms with Gasteiger partial charge < -0.3 is 10.2 Å². The van der Waals surface area contributed by atoms with Crippen LogP contribution in [0.5, 0.6) is 0 Å². The monoisotopic (exact) mass is 549 g/mol. The maximum atomic E-state index is 13.5. The molecule has 37 heavy (non-hydrogen) atoms. The molecule has 1 unspecified atom stereocenters. The summed E-state index contributed by atoms with van der Waals surface area (Å²) < 4.78 is 26.5. The molecule has 0 saturated heterocycles. The molecule has 0 fully saturated rings. The van der Waals surface area contributed by atoms with Crippen molar-refractivity contribution in [3.8, 4) is 0 Å². The molecule has 1 atom stereocenters. The second-order valence-electron chi connectivity index (χ2n) is 9.96. The first-order valence-electron chi connectivity index (χ1n) is 12.7. The van der Waals surface area contributed by atoms with Crippen molar-refractivity contribution in [1.29, 1.82) is 0 Å². The Labute approximate surface area is 227 Å². The summed E-state index contributed by atoms with van der Waals surface area (Å²) in [5.74, 6) is -0.147. The number of amides is 2. The van der Waals surface area contributed by atoms with Crippen molar-refractivity contribution in [2.24, 2.45) is 5.92 Å². The highest BCUT2D eigenvalue weighted by Gasteiger charge is 2.29. The van der Waals surface area contributed by atoms with Gasteiger partial charge in [-0.05, 0) is 67.5 Å². The quantitative estimate of drug-likeness (QED) is 0.377. The second kappa shape index (κ2) is 13.8. The van der Waals surface area contributed by atoms with Gasteiger partial charge in [0.05, 0.1) is 11.9 Å². The van der Waals surface area contributed by atoms with Gasteiger partial charge in [0, 0.05) is 31.1 Å². The zero-order chi connectivity index (χ0) is 27.8. The molecule has 0 saturated carbocycles. The third-order valence-electron chi connectivity index (χ3n) is 6.02. The maximum Gasteiger partial charge on any atom is 0.242 e. The molecule has 0 aromatic heterocycles. The summed E-state index contributed by atoms with van der Waals surface area (Å²) in [6, 6.07) is 12.2. The van der Waals surface area contributed by atoms with Crippen LogP contribution < -0.4 is 9.62 Å². The van der Waals surface area contributed by atoms with Crippen molar-refractivity contribution in [2.75, 3.05) is 23.7 Å². The molecule has 0 heterocycles. The molecule has 2 aromatic carbocycles. The molecule has 7 nitrogen and oxygen atoms in total. The Morgan fingerprint density at radius 3 is 2.22 bits per heavy atom. The highest BCUT2D eigenvalue weighted by molar-refractivity contribution is 7.92.